The van der Waals surface area contributed by atoms with Crippen LogP contribution in [0.25, 0.3) is 0 Å². The maximum Gasteiger partial charge on any atom is 0.416 e. The van der Waals surface area contributed by atoms with Crippen LogP contribution in [0.5, 0.6) is 23.0 Å². The molecule has 198 valence electrons. The van der Waals surface area contributed by atoms with Crippen LogP contribution in [0.4, 0.5) is 13.2 Å². The predicted molar refractivity (Wildman–Crippen MR) is 137 cm³/mol. The van der Waals surface area contributed by atoms with E-state index in [0.717, 1.165) is 28.3 Å². The Morgan fingerprint density at radius 2 is 1.70 bits per heavy atom. The third-order valence-corrected chi connectivity index (χ3v) is 6.19. The lowest BCUT2D eigenvalue weighted by Crippen LogP contribution is -2.15. The van der Waals surface area contributed by atoms with Crippen molar-refractivity contribution in [1.82, 2.24) is 0 Å². The molecule has 0 saturated heterocycles. The standard InChI is InChI=1S/C28H29F3O5S/c1-4-33-27(32)18-34-24-13-11-23(16-19(24)2)37-15-14-20(3)35-25-12-10-21(28(29,30)31)17-26(25)36-22-8-6-5-7-9-22/h5-13,16-17,20H,4,14-15,18H2,1-3H3. The normalized spacial score (nSPS) is 12.1. The van der Waals surface area contributed by atoms with Gasteiger partial charge in [-0.3, -0.25) is 0 Å². The number of para-hydroxylation sites is 1. The fourth-order valence-electron chi connectivity index (χ4n) is 3.31. The van der Waals surface area contributed by atoms with Crippen LogP contribution in [0.1, 0.15) is 31.4 Å². The number of hydrogen-bond acceptors (Lipinski definition) is 6. The molecule has 0 aliphatic rings. The first-order valence-electron chi connectivity index (χ1n) is 11.8. The van der Waals surface area contributed by atoms with Crippen molar-refractivity contribution in [3.63, 3.8) is 0 Å². The van der Waals surface area contributed by atoms with Crippen molar-refractivity contribution in [3.05, 3.63) is 77.9 Å². The topological polar surface area (TPSA) is 54.0 Å². The van der Waals surface area contributed by atoms with Crippen LogP contribution in [-0.2, 0) is 15.7 Å². The Bertz CT molecular complexity index is 1170. The molecule has 3 aromatic carbocycles. The maximum absolute atomic E-state index is 13.3. The molecule has 1 unspecified atom stereocenters. The van der Waals surface area contributed by atoms with Gasteiger partial charge < -0.3 is 18.9 Å². The second kappa shape index (κ2) is 13.3. The lowest BCUT2D eigenvalue weighted by atomic mass is 10.2. The number of benzene rings is 3. The van der Waals surface area contributed by atoms with Gasteiger partial charge in [-0.25, -0.2) is 4.79 Å². The van der Waals surface area contributed by atoms with E-state index in [2.05, 4.69) is 0 Å². The number of ether oxygens (including phenoxy) is 4. The van der Waals surface area contributed by atoms with Gasteiger partial charge in [0.15, 0.2) is 18.1 Å². The van der Waals surface area contributed by atoms with E-state index in [1.807, 2.05) is 32.0 Å². The zero-order valence-electron chi connectivity index (χ0n) is 20.8. The lowest BCUT2D eigenvalue weighted by Gasteiger charge is -2.19. The Hall–Kier alpha value is -3.33. The lowest BCUT2D eigenvalue weighted by molar-refractivity contribution is -0.145. The van der Waals surface area contributed by atoms with E-state index in [1.165, 1.54) is 6.07 Å². The van der Waals surface area contributed by atoms with Crippen molar-refractivity contribution in [3.8, 4) is 23.0 Å². The average Bonchev–Trinajstić information content (AvgIpc) is 2.85. The Morgan fingerprint density at radius 1 is 0.973 bits per heavy atom. The summed E-state index contributed by atoms with van der Waals surface area (Å²) in [4.78, 5) is 12.5. The van der Waals surface area contributed by atoms with Crippen molar-refractivity contribution in [2.75, 3.05) is 19.0 Å². The number of carbonyl (C=O) groups is 1. The van der Waals surface area contributed by atoms with Crippen molar-refractivity contribution in [2.45, 2.75) is 44.4 Å². The summed E-state index contributed by atoms with van der Waals surface area (Å²) in [5.74, 6) is 1.59. The molecule has 0 N–H and O–H groups in total. The SMILES string of the molecule is CCOC(=O)COc1ccc(SCCC(C)Oc2ccc(C(F)(F)F)cc2Oc2ccccc2)cc1C. The summed E-state index contributed by atoms with van der Waals surface area (Å²) in [6.45, 7) is 5.66. The molecule has 5 nitrogen and oxygen atoms in total. The van der Waals surface area contributed by atoms with Crippen molar-refractivity contribution in [1.29, 1.82) is 0 Å². The molecule has 37 heavy (non-hydrogen) atoms. The molecule has 3 aromatic rings. The van der Waals surface area contributed by atoms with Crippen LogP contribution in [0.15, 0.2) is 71.6 Å². The summed E-state index contributed by atoms with van der Waals surface area (Å²) in [6, 6.07) is 17.5. The molecular weight excluding hydrogens is 505 g/mol. The first kappa shape index (κ1) is 28.2. The van der Waals surface area contributed by atoms with Gasteiger partial charge in [-0.15, -0.1) is 11.8 Å². The number of carbonyl (C=O) groups excluding carboxylic acids is 1. The minimum Gasteiger partial charge on any atom is -0.487 e. The van der Waals surface area contributed by atoms with E-state index in [4.69, 9.17) is 18.9 Å². The van der Waals surface area contributed by atoms with Crippen LogP contribution >= 0.6 is 11.8 Å². The Labute approximate surface area is 218 Å². The number of rotatable bonds is 12. The number of hydrogen-bond donors (Lipinski definition) is 0. The summed E-state index contributed by atoms with van der Waals surface area (Å²) < 4.78 is 61.9. The zero-order chi connectivity index (χ0) is 26.8. The van der Waals surface area contributed by atoms with E-state index >= 15 is 0 Å². The van der Waals surface area contributed by atoms with Gasteiger partial charge in [-0.1, -0.05) is 18.2 Å². The minimum atomic E-state index is -4.49. The molecule has 0 bridgehead atoms. The zero-order valence-corrected chi connectivity index (χ0v) is 21.7. The van der Waals surface area contributed by atoms with Gasteiger partial charge in [-0.2, -0.15) is 13.2 Å². The Morgan fingerprint density at radius 3 is 2.38 bits per heavy atom. The number of aryl methyl sites for hydroxylation is 1. The largest absolute Gasteiger partial charge is 0.487 e. The van der Waals surface area contributed by atoms with Gasteiger partial charge in [0, 0.05) is 10.6 Å². The third-order valence-electron chi connectivity index (χ3n) is 5.16. The van der Waals surface area contributed by atoms with Crippen LogP contribution in [0.2, 0.25) is 0 Å². The molecule has 0 saturated carbocycles. The molecule has 3 rings (SSSR count). The first-order valence-corrected chi connectivity index (χ1v) is 12.8. The van der Waals surface area contributed by atoms with E-state index in [-0.39, 0.29) is 24.2 Å². The van der Waals surface area contributed by atoms with Gasteiger partial charge >= 0.3 is 12.1 Å². The molecule has 0 amide bonds. The highest BCUT2D eigenvalue weighted by molar-refractivity contribution is 7.99. The van der Waals surface area contributed by atoms with Crippen molar-refractivity contribution in [2.24, 2.45) is 0 Å². The van der Waals surface area contributed by atoms with E-state index < -0.39 is 17.7 Å². The molecule has 0 aliphatic carbocycles. The Balaban J connectivity index is 1.58. The highest BCUT2D eigenvalue weighted by atomic mass is 32.2. The van der Waals surface area contributed by atoms with Crippen LogP contribution < -0.4 is 14.2 Å². The monoisotopic (exact) mass is 534 g/mol. The van der Waals surface area contributed by atoms with Gasteiger partial charge in [0.25, 0.3) is 0 Å². The molecule has 0 heterocycles. The second-order valence-electron chi connectivity index (χ2n) is 8.16. The van der Waals surface area contributed by atoms with Gasteiger partial charge in [-0.05, 0) is 81.3 Å². The number of esters is 1. The molecular formula is C28H29F3O5S. The molecule has 0 radical (unpaired) electrons. The molecule has 9 heteroatoms. The van der Waals surface area contributed by atoms with Crippen LogP contribution in [0, 0.1) is 6.92 Å². The summed E-state index contributed by atoms with van der Waals surface area (Å²) >= 11 is 1.62. The van der Waals surface area contributed by atoms with Crippen molar-refractivity contribution < 1.29 is 36.9 Å². The molecule has 1 atom stereocenters. The smallest absolute Gasteiger partial charge is 0.416 e. The number of thioether (sulfide) groups is 1. The third kappa shape index (κ3) is 8.93. The maximum atomic E-state index is 13.3. The molecule has 0 aromatic heterocycles. The summed E-state index contributed by atoms with van der Waals surface area (Å²) in [5.41, 5.74) is 0.0881. The number of alkyl halides is 3. The molecule has 0 spiro atoms. The van der Waals surface area contributed by atoms with Crippen molar-refractivity contribution >= 4 is 17.7 Å². The van der Waals surface area contributed by atoms with Crippen LogP contribution in [-0.4, -0.2) is 31.0 Å². The first-order chi connectivity index (χ1) is 17.7. The average molecular weight is 535 g/mol. The fourth-order valence-corrected chi connectivity index (χ4v) is 4.42. The quantitative estimate of drug-likeness (QED) is 0.175. The van der Waals surface area contributed by atoms with Gasteiger partial charge in [0.05, 0.1) is 18.3 Å². The second-order valence-corrected chi connectivity index (χ2v) is 9.33. The van der Waals surface area contributed by atoms with Gasteiger partial charge in [0.1, 0.15) is 11.5 Å². The molecule has 0 aliphatic heterocycles. The minimum absolute atomic E-state index is 0.00885. The highest BCUT2D eigenvalue weighted by Gasteiger charge is 2.31. The summed E-state index contributed by atoms with van der Waals surface area (Å²) in [6.07, 6.45) is -4.11. The van der Waals surface area contributed by atoms with Crippen LogP contribution in [0.3, 0.4) is 0 Å². The van der Waals surface area contributed by atoms with E-state index in [0.29, 0.717) is 24.5 Å². The highest BCUT2D eigenvalue weighted by Crippen LogP contribution is 2.39. The van der Waals surface area contributed by atoms with E-state index in [9.17, 15) is 18.0 Å². The van der Waals surface area contributed by atoms with E-state index in [1.54, 1.807) is 49.0 Å². The fraction of sp³-hybridized carbons (Fsp3) is 0.321. The predicted octanol–water partition coefficient (Wildman–Crippen LogP) is 7.70. The van der Waals surface area contributed by atoms with Gasteiger partial charge in [0.2, 0.25) is 0 Å². The summed E-state index contributed by atoms with van der Waals surface area (Å²) in [5, 5.41) is 0. The molecule has 0 fully saturated rings. The Kier molecular flexibility index (Phi) is 10.1. The summed E-state index contributed by atoms with van der Waals surface area (Å²) in [7, 11) is 0. The number of halogens is 3.